The number of piperidine rings is 2. The third kappa shape index (κ3) is 6.50. The molecule has 1 aromatic rings. The quantitative estimate of drug-likeness (QED) is 0.545. The van der Waals surface area contributed by atoms with Crippen LogP contribution in [0.15, 0.2) is 18.5 Å². The second kappa shape index (κ2) is 11.5. The molecule has 5 rings (SSSR count). The monoisotopic (exact) mass is 487 g/mol. The van der Waals surface area contributed by atoms with Crippen molar-refractivity contribution in [2.24, 2.45) is 0 Å². The number of aliphatic hydroxyl groups is 1. The first-order valence-corrected chi connectivity index (χ1v) is 13.6. The number of aromatic nitrogens is 2. The summed E-state index contributed by atoms with van der Waals surface area (Å²) in [4.78, 5) is 26.2. The lowest BCUT2D eigenvalue weighted by Crippen LogP contribution is -2.61. The van der Waals surface area contributed by atoms with Crippen molar-refractivity contribution in [3.05, 3.63) is 18.5 Å². The number of ether oxygens (including phenoxy) is 2. The summed E-state index contributed by atoms with van der Waals surface area (Å²) < 4.78 is 12.2. The van der Waals surface area contributed by atoms with E-state index in [2.05, 4.69) is 25.1 Å². The molecule has 0 aromatic carbocycles. The van der Waals surface area contributed by atoms with Crippen molar-refractivity contribution in [1.82, 2.24) is 20.2 Å². The van der Waals surface area contributed by atoms with Crippen molar-refractivity contribution in [3.63, 3.8) is 0 Å². The first-order valence-electron chi connectivity index (χ1n) is 13.6. The first kappa shape index (κ1) is 24.9. The molecule has 3 atom stereocenters. The van der Waals surface area contributed by atoms with Gasteiger partial charge in [0.05, 0.1) is 36.9 Å². The fourth-order valence-electron chi connectivity index (χ4n) is 6.02. The number of likely N-dealkylation sites (tertiary alicyclic amines) is 1. The van der Waals surface area contributed by atoms with E-state index in [9.17, 15) is 9.90 Å². The van der Waals surface area contributed by atoms with E-state index in [1.165, 1.54) is 0 Å². The van der Waals surface area contributed by atoms with E-state index in [1.54, 1.807) is 12.4 Å². The molecule has 4 heterocycles. The van der Waals surface area contributed by atoms with E-state index >= 15 is 0 Å². The minimum absolute atomic E-state index is 0.0409. The Morgan fingerprint density at radius 3 is 2.60 bits per heavy atom. The van der Waals surface area contributed by atoms with Gasteiger partial charge >= 0.3 is 0 Å². The normalized spacial score (nSPS) is 29.6. The third-order valence-electron chi connectivity index (χ3n) is 8.24. The van der Waals surface area contributed by atoms with E-state index in [4.69, 9.17) is 9.47 Å². The molecule has 2 unspecified atom stereocenters. The number of nitrogens with zero attached hydrogens (tertiary/aromatic N) is 4. The molecule has 4 fully saturated rings. The Balaban J connectivity index is 1.17. The fourth-order valence-corrected chi connectivity index (χ4v) is 6.02. The van der Waals surface area contributed by atoms with E-state index in [0.717, 1.165) is 90.0 Å². The number of carbonyl (C=O) groups excluding carboxylic acids is 1. The lowest BCUT2D eigenvalue weighted by Gasteiger charge is -2.47. The molecular weight excluding hydrogens is 446 g/mol. The number of hydrogen-bond acceptors (Lipinski definition) is 8. The largest absolute Gasteiger partial charge is 0.389 e. The number of hydrogen-bond donors (Lipinski definition) is 2. The molecule has 1 aliphatic carbocycles. The van der Waals surface area contributed by atoms with Crippen LogP contribution >= 0.6 is 0 Å². The molecule has 9 heteroatoms. The molecule has 0 spiro atoms. The van der Waals surface area contributed by atoms with E-state index in [1.807, 2.05) is 6.07 Å². The van der Waals surface area contributed by atoms with Gasteiger partial charge < -0.3 is 24.8 Å². The summed E-state index contributed by atoms with van der Waals surface area (Å²) in [6.45, 7) is 4.71. The summed E-state index contributed by atoms with van der Waals surface area (Å²) in [6, 6.07) is 1.96. The Labute approximate surface area is 208 Å². The van der Waals surface area contributed by atoms with Crippen LogP contribution in [0.1, 0.15) is 64.2 Å². The Kier molecular flexibility index (Phi) is 8.17. The molecule has 35 heavy (non-hydrogen) atoms. The highest BCUT2D eigenvalue weighted by molar-refractivity contribution is 5.76. The summed E-state index contributed by atoms with van der Waals surface area (Å²) in [7, 11) is 0. The highest BCUT2D eigenvalue weighted by atomic mass is 16.5. The van der Waals surface area contributed by atoms with Gasteiger partial charge in [-0.15, -0.1) is 0 Å². The van der Waals surface area contributed by atoms with Crippen LogP contribution in [0, 0.1) is 0 Å². The number of amides is 1. The van der Waals surface area contributed by atoms with Gasteiger partial charge in [-0.2, -0.15) is 0 Å². The van der Waals surface area contributed by atoms with Gasteiger partial charge in [0.2, 0.25) is 11.9 Å². The fraction of sp³-hybridized carbons (Fsp3) is 0.808. The van der Waals surface area contributed by atoms with Crippen molar-refractivity contribution >= 4 is 11.9 Å². The lowest BCUT2D eigenvalue weighted by molar-refractivity contribution is -0.126. The van der Waals surface area contributed by atoms with Crippen LogP contribution < -0.4 is 10.2 Å². The molecule has 4 aliphatic rings. The van der Waals surface area contributed by atoms with Gasteiger partial charge in [-0.25, -0.2) is 9.97 Å². The van der Waals surface area contributed by atoms with Gasteiger partial charge in [0.25, 0.3) is 0 Å². The van der Waals surface area contributed by atoms with Gasteiger partial charge in [-0.3, -0.25) is 9.69 Å². The smallest absolute Gasteiger partial charge is 0.225 e. The molecule has 2 N–H and O–H groups in total. The van der Waals surface area contributed by atoms with Crippen molar-refractivity contribution in [3.8, 4) is 0 Å². The SMILES string of the molecule is O=C(C[C@@H]1CCCO1)NC1CCCN(CC2(O)CCC2)C1COC1CCN(c2ncccn2)CC1. The third-order valence-corrected chi connectivity index (χ3v) is 8.24. The standard InChI is InChI=1S/C26H41N5O4/c32-24(17-21-5-2-16-34-21)29-22-6-1-13-31(19-26(33)9-3-10-26)23(22)18-35-20-7-14-30(15-8-20)25-27-11-4-12-28-25/h4,11-12,20-23,33H,1-3,5-10,13-19H2,(H,29,32)/t21-,22?,23?/m0/s1. The summed E-state index contributed by atoms with van der Waals surface area (Å²) in [5.74, 6) is 0.861. The summed E-state index contributed by atoms with van der Waals surface area (Å²) >= 11 is 0. The first-order chi connectivity index (χ1) is 17.1. The maximum Gasteiger partial charge on any atom is 0.225 e. The molecule has 1 amide bonds. The van der Waals surface area contributed by atoms with Crippen LogP contribution in [-0.4, -0.2) is 95.2 Å². The van der Waals surface area contributed by atoms with E-state index in [-0.39, 0.29) is 30.2 Å². The van der Waals surface area contributed by atoms with Gasteiger partial charge in [0.15, 0.2) is 0 Å². The number of rotatable bonds is 9. The molecule has 0 radical (unpaired) electrons. The minimum Gasteiger partial charge on any atom is -0.389 e. The van der Waals surface area contributed by atoms with Crippen LogP contribution in [-0.2, 0) is 14.3 Å². The Hall–Kier alpha value is -1.81. The molecule has 3 aliphatic heterocycles. The Morgan fingerprint density at radius 2 is 1.91 bits per heavy atom. The predicted molar refractivity (Wildman–Crippen MR) is 132 cm³/mol. The molecule has 9 nitrogen and oxygen atoms in total. The number of carbonyl (C=O) groups is 1. The van der Waals surface area contributed by atoms with Crippen LogP contribution in [0.5, 0.6) is 0 Å². The maximum atomic E-state index is 12.8. The molecule has 194 valence electrons. The minimum atomic E-state index is -0.580. The van der Waals surface area contributed by atoms with Crippen LogP contribution in [0.25, 0.3) is 0 Å². The zero-order chi connectivity index (χ0) is 24.1. The maximum absolute atomic E-state index is 12.8. The second-order valence-corrected chi connectivity index (χ2v) is 10.8. The van der Waals surface area contributed by atoms with Crippen molar-refractivity contribution < 1.29 is 19.4 Å². The van der Waals surface area contributed by atoms with Gasteiger partial charge in [-0.05, 0) is 70.4 Å². The highest BCUT2D eigenvalue weighted by Gasteiger charge is 2.41. The number of nitrogens with one attached hydrogen (secondary N) is 1. The van der Waals surface area contributed by atoms with Crippen LogP contribution in [0.4, 0.5) is 5.95 Å². The van der Waals surface area contributed by atoms with Crippen molar-refractivity contribution in [2.45, 2.75) is 94.1 Å². The Bertz CT molecular complexity index is 809. The van der Waals surface area contributed by atoms with E-state index < -0.39 is 5.60 Å². The predicted octanol–water partition coefficient (Wildman–Crippen LogP) is 1.90. The zero-order valence-electron chi connectivity index (χ0n) is 20.8. The number of anilines is 1. The van der Waals surface area contributed by atoms with Crippen LogP contribution in [0.2, 0.25) is 0 Å². The average molecular weight is 488 g/mol. The summed E-state index contributed by atoms with van der Waals surface area (Å²) in [5.41, 5.74) is -0.580. The van der Waals surface area contributed by atoms with Crippen LogP contribution in [0.3, 0.4) is 0 Å². The molecular formula is C26H41N5O4. The summed E-state index contributed by atoms with van der Waals surface area (Å²) in [6.07, 6.45) is 12.9. The molecule has 0 bridgehead atoms. The highest BCUT2D eigenvalue weighted by Crippen LogP contribution is 2.34. The zero-order valence-corrected chi connectivity index (χ0v) is 20.8. The van der Waals surface area contributed by atoms with Crippen molar-refractivity contribution in [1.29, 1.82) is 0 Å². The molecule has 3 saturated heterocycles. The number of β-amino-alcohol motifs (C(OH)–C–C–N with tert-alkyl or cyclic N) is 1. The van der Waals surface area contributed by atoms with E-state index in [0.29, 0.717) is 19.6 Å². The summed E-state index contributed by atoms with van der Waals surface area (Å²) in [5, 5.41) is 14.2. The average Bonchev–Trinajstić information content (AvgIpc) is 3.36. The topological polar surface area (TPSA) is 100 Å². The van der Waals surface area contributed by atoms with Gasteiger partial charge in [-0.1, -0.05) is 0 Å². The van der Waals surface area contributed by atoms with Gasteiger partial charge in [0.1, 0.15) is 0 Å². The van der Waals surface area contributed by atoms with Crippen molar-refractivity contribution in [2.75, 3.05) is 44.3 Å². The molecule has 1 aromatic heterocycles. The second-order valence-electron chi connectivity index (χ2n) is 10.8. The lowest BCUT2D eigenvalue weighted by atomic mass is 9.79. The Morgan fingerprint density at radius 1 is 1.11 bits per heavy atom. The molecule has 1 saturated carbocycles. The van der Waals surface area contributed by atoms with Gasteiger partial charge in [0, 0.05) is 44.7 Å².